The number of nitrogens with zero attached hydrogens (tertiary/aromatic N) is 1. The van der Waals surface area contributed by atoms with Gasteiger partial charge in [0.2, 0.25) is 0 Å². The average Bonchev–Trinajstić information content (AvgIpc) is 2.29. The number of anilines is 1. The standard InChI is InChI=1S/C12H13NO4/c14-11-8-17-7-10(6-12(15)16)13(11)9-4-2-1-3-5-9/h1-5,10H,6-8H2,(H,15,16). The molecule has 1 aliphatic rings. The molecule has 1 amide bonds. The molecule has 0 spiro atoms. The van der Waals surface area contributed by atoms with E-state index in [0.717, 1.165) is 0 Å². The normalized spacial score (nSPS) is 20.4. The maximum absolute atomic E-state index is 11.8. The summed E-state index contributed by atoms with van der Waals surface area (Å²) in [6.07, 6.45) is -0.110. The van der Waals surface area contributed by atoms with Crippen LogP contribution in [0.5, 0.6) is 0 Å². The van der Waals surface area contributed by atoms with E-state index in [1.807, 2.05) is 18.2 Å². The number of carbonyl (C=O) groups excluding carboxylic acids is 1. The molecule has 0 bridgehead atoms. The summed E-state index contributed by atoms with van der Waals surface area (Å²) >= 11 is 0. The molecule has 2 rings (SSSR count). The largest absolute Gasteiger partial charge is 0.481 e. The quantitative estimate of drug-likeness (QED) is 0.845. The molecular formula is C12H13NO4. The second-order valence-electron chi connectivity index (χ2n) is 3.87. The van der Waals surface area contributed by atoms with Gasteiger partial charge >= 0.3 is 5.97 Å². The van der Waals surface area contributed by atoms with Crippen molar-refractivity contribution < 1.29 is 19.4 Å². The van der Waals surface area contributed by atoms with Crippen LogP contribution in [0.1, 0.15) is 6.42 Å². The Labute approximate surface area is 98.6 Å². The molecule has 5 nitrogen and oxygen atoms in total. The molecule has 17 heavy (non-hydrogen) atoms. The Morgan fingerprint density at radius 1 is 1.41 bits per heavy atom. The van der Waals surface area contributed by atoms with Gasteiger partial charge in [0.25, 0.3) is 5.91 Å². The lowest BCUT2D eigenvalue weighted by atomic mass is 10.1. The Morgan fingerprint density at radius 2 is 2.12 bits per heavy atom. The van der Waals surface area contributed by atoms with Crippen molar-refractivity contribution in [1.82, 2.24) is 0 Å². The highest BCUT2D eigenvalue weighted by Crippen LogP contribution is 2.21. The van der Waals surface area contributed by atoms with Gasteiger partial charge in [-0.25, -0.2) is 0 Å². The molecule has 1 fully saturated rings. The zero-order valence-electron chi connectivity index (χ0n) is 9.20. The highest BCUT2D eigenvalue weighted by atomic mass is 16.5. The molecule has 1 aromatic rings. The lowest BCUT2D eigenvalue weighted by Gasteiger charge is -2.34. The van der Waals surface area contributed by atoms with Crippen molar-refractivity contribution in [3.8, 4) is 0 Å². The predicted molar refractivity (Wildman–Crippen MR) is 60.8 cm³/mol. The van der Waals surface area contributed by atoms with E-state index in [2.05, 4.69) is 0 Å². The number of para-hydroxylation sites is 1. The number of hydrogen-bond donors (Lipinski definition) is 1. The SMILES string of the molecule is O=C(O)CC1COCC(=O)N1c1ccccc1. The van der Waals surface area contributed by atoms with Gasteiger partial charge in [-0.2, -0.15) is 0 Å². The number of amides is 1. The first-order chi connectivity index (χ1) is 8.18. The molecule has 0 aliphatic carbocycles. The molecule has 1 atom stereocenters. The minimum atomic E-state index is -0.936. The fourth-order valence-electron chi connectivity index (χ4n) is 1.93. The van der Waals surface area contributed by atoms with Crippen LogP contribution >= 0.6 is 0 Å². The summed E-state index contributed by atoms with van der Waals surface area (Å²) in [5, 5.41) is 8.82. The van der Waals surface area contributed by atoms with E-state index in [0.29, 0.717) is 5.69 Å². The number of hydrogen-bond acceptors (Lipinski definition) is 3. The van der Waals surface area contributed by atoms with E-state index in [1.54, 1.807) is 12.1 Å². The van der Waals surface area contributed by atoms with Gasteiger partial charge in [-0.1, -0.05) is 18.2 Å². The first-order valence-corrected chi connectivity index (χ1v) is 5.35. The molecular weight excluding hydrogens is 222 g/mol. The van der Waals surface area contributed by atoms with Crippen molar-refractivity contribution in [2.24, 2.45) is 0 Å². The van der Waals surface area contributed by atoms with Crippen LogP contribution in [-0.2, 0) is 14.3 Å². The van der Waals surface area contributed by atoms with Gasteiger partial charge in [0, 0.05) is 5.69 Å². The van der Waals surface area contributed by atoms with E-state index in [9.17, 15) is 9.59 Å². The second-order valence-corrected chi connectivity index (χ2v) is 3.87. The van der Waals surface area contributed by atoms with E-state index in [1.165, 1.54) is 4.90 Å². The molecule has 0 aromatic heterocycles. The lowest BCUT2D eigenvalue weighted by Crippen LogP contribution is -2.50. The number of carboxylic acids is 1. The van der Waals surface area contributed by atoms with Gasteiger partial charge in [-0.15, -0.1) is 0 Å². The third kappa shape index (κ3) is 2.62. The number of carbonyl (C=O) groups is 2. The molecule has 0 radical (unpaired) electrons. The Bertz CT molecular complexity index is 418. The summed E-state index contributed by atoms with van der Waals surface area (Å²) in [4.78, 5) is 24.1. The molecule has 90 valence electrons. The Morgan fingerprint density at radius 3 is 2.76 bits per heavy atom. The van der Waals surface area contributed by atoms with Gasteiger partial charge in [0.1, 0.15) is 6.61 Å². The van der Waals surface area contributed by atoms with Crippen molar-refractivity contribution >= 4 is 17.6 Å². The highest BCUT2D eigenvalue weighted by Gasteiger charge is 2.31. The van der Waals surface area contributed by atoms with Gasteiger partial charge in [-0.05, 0) is 12.1 Å². The van der Waals surface area contributed by atoms with Gasteiger partial charge < -0.3 is 14.7 Å². The van der Waals surface area contributed by atoms with Gasteiger partial charge in [0.15, 0.2) is 0 Å². The number of ether oxygens (including phenoxy) is 1. The first-order valence-electron chi connectivity index (χ1n) is 5.35. The van der Waals surface area contributed by atoms with Crippen molar-refractivity contribution in [2.45, 2.75) is 12.5 Å². The summed E-state index contributed by atoms with van der Waals surface area (Å²) in [6.45, 7) is 0.262. The fraction of sp³-hybridized carbons (Fsp3) is 0.333. The van der Waals surface area contributed by atoms with Crippen LogP contribution in [0.15, 0.2) is 30.3 Å². The number of benzene rings is 1. The number of carboxylic acid groups (broad SMARTS) is 1. The van der Waals surface area contributed by atoms with Crippen LogP contribution in [0.3, 0.4) is 0 Å². The van der Waals surface area contributed by atoms with E-state index in [4.69, 9.17) is 9.84 Å². The van der Waals surface area contributed by atoms with Gasteiger partial charge in [0.05, 0.1) is 19.1 Å². The predicted octanol–water partition coefficient (Wildman–Crippen LogP) is 0.893. The van der Waals surface area contributed by atoms with Gasteiger partial charge in [-0.3, -0.25) is 9.59 Å². The third-order valence-electron chi connectivity index (χ3n) is 2.61. The van der Waals surface area contributed by atoms with Crippen LogP contribution in [0.25, 0.3) is 0 Å². The van der Waals surface area contributed by atoms with E-state index >= 15 is 0 Å². The molecule has 1 aromatic carbocycles. The van der Waals surface area contributed by atoms with Crippen LogP contribution in [-0.4, -0.2) is 36.2 Å². The summed E-state index contributed by atoms with van der Waals surface area (Å²) < 4.78 is 5.09. The van der Waals surface area contributed by atoms with Crippen LogP contribution in [0.2, 0.25) is 0 Å². The highest BCUT2D eigenvalue weighted by molar-refractivity contribution is 5.96. The third-order valence-corrected chi connectivity index (χ3v) is 2.61. The van der Waals surface area contributed by atoms with Crippen molar-refractivity contribution in [2.75, 3.05) is 18.1 Å². The molecule has 1 heterocycles. The summed E-state index contributed by atoms with van der Waals surface area (Å²) in [6, 6.07) is 8.62. The Hall–Kier alpha value is -1.88. The van der Waals surface area contributed by atoms with Crippen molar-refractivity contribution in [3.05, 3.63) is 30.3 Å². The van der Waals surface area contributed by atoms with Crippen LogP contribution in [0, 0.1) is 0 Å². The topological polar surface area (TPSA) is 66.8 Å². The van der Waals surface area contributed by atoms with Crippen molar-refractivity contribution in [1.29, 1.82) is 0 Å². The number of rotatable bonds is 3. The maximum atomic E-state index is 11.8. The first kappa shape index (κ1) is 11.6. The zero-order chi connectivity index (χ0) is 12.3. The van der Waals surface area contributed by atoms with E-state index < -0.39 is 12.0 Å². The maximum Gasteiger partial charge on any atom is 0.305 e. The zero-order valence-corrected chi connectivity index (χ0v) is 9.20. The molecule has 1 N–H and O–H groups in total. The molecule has 1 saturated heterocycles. The average molecular weight is 235 g/mol. The van der Waals surface area contributed by atoms with Crippen LogP contribution < -0.4 is 4.90 Å². The number of morpholine rings is 1. The number of aliphatic carboxylic acids is 1. The Kier molecular flexibility index (Phi) is 3.39. The van der Waals surface area contributed by atoms with Crippen LogP contribution in [0.4, 0.5) is 5.69 Å². The molecule has 5 heteroatoms. The fourth-order valence-corrected chi connectivity index (χ4v) is 1.93. The summed E-state index contributed by atoms with van der Waals surface area (Å²) in [5.74, 6) is -1.14. The second kappa shape index (κ2) is 4.97. The van der Waals surface area contributed by atoms with Crippen molar-refractivity contribution in [3.63, 3.8) is 0 Å². The molecule has 1 unspecified atom stereocenters. The lowest BCUT2D eigenvalue weighted by molar-refractivity contribution is -0.138. The molecule has 0 saturated carbocycles. The minimum Gasteiger partial charge on any atom is -0.481 e. The minimum absolute atomic E-state index is 0.00497. The smallest absolute Gasteiger partial charge is 0.305 e. The Balaban J connectivity index is 2.25. The summed E-state index contributed by atoms with van der Waals surface area (Å²) in [7, 11) is 0. The summed E-state index contributed by atoms with van der Waals surface area (Å²) in [5.41, 5.74) is 0.715. The molecule has 1 aliphatic heterocycles. The van der Waals surface area contributed by atoms with E-state index in [-0.39, 0.29) is 25.5 Å². The monoisotopic (exact) mass is 235 g/mol.